The maximum atomic E-state index is 9.55. The largest absolute Gasteiger partial charge is 0.457 e. The molecule has 0 unspecified atom stereocenters. The molecule has 0 fully saturated rings. The van der Waals surface area contributed by atoms with E-state index in [4.69, 9.17) is 4.74 Å². The summed E-state index contributed by atoms with van der Waals surface area (Å²) in [5, 5.41) is 9.55. The average Bonchev–Trinajstić information content (AvgIpc) is 2.40. The standard InChI is InChI=1S/C17H15BrO2/c1-17(2,19)12-11-13-3-7-15(8-4-13)20-16-9-5-14(18)6-10-16/h3-10,19H,1-2H3. The van der Waals surface area contributed by atoms with Gasteiger partial charge < -0.3 is 9.84 Å². The highest BCUT2D eigenvalue weighted by atomic mass is 79.9. The van der Waals surface area contributed by atoms with Crippen molar-refractivity contribution in [2.24, 2.45) is 0 Å². The van der Waals surface area contributed by atoms with Gasteiger partial charge in [-0.1, -0.05) is 27.8 Å². The van der Waals surface area contributed by atoms with Crippen LogP contribution in [-0.2, 0) is 0 Å². The van der Waals surface area contributed by atoms with Gasteiger partial charge in [0.25, 0.3) is 0 Å². The quantitative estimate of drug-likeness (QED) is 0.829. The van der Waals surface area contributed by atoms with E-state index in [9.17, 15) is 5.11 Å². The second-order valence-electron chi connectivity index (χ2n) is 4.89. The molecule has 0 aliphatic heterocycles. The van der Waals surface area contributed by atoms with Crippen LogP contribution in [0.2, 0.25) is 0 Å². The third kappa shape index (κ3) is 4.73. The van der Waals surface area contributed by atoms with Crippen molar-refractivity contribution in [2.75, 3.05) is 0 Å². The van der Waals surface area contributed by atoms with E-state index in [1.165, 1.54) is 0 Å². The first-order valence-electron chi connectivity index (χ1n) is 6.21. The molecule has 2 aromatic carbocycles. The van der Waals surface area contributed by atoms with Gasteiger partial charge in [-0.05, 0) is 62.4 Å². The number of hydrogen-bond acceptors (Lipinski definition) is 2. The van der Waals surface area contributed by atoms with E-state index in [1.54, 1.807) is 13.8 Å². The maximum absolute atomic E-state index is 9.55. The van der Waals surface area contributed by atoms with Gasteiger partial charge >= 0.3 is 0 Å². The second-order valence-corrected chi connectivity index (χ2v) is 5.81. The van der Waals surface area contributed by atoms with Crippen LogP contribution >= 0.6 is 15.9 Å². The Labute approximate surface area is 127 Å². The lowest BCUT2D eigenvalue weighted by Gasteiger charge is -2.07. The zero-order chi connectivity index (χ0) is 14.6. The molecule has 20 heavy (non-hydrogen) atoms. The zero-order valence-electron chi connectivity index (χ0n) is 11.4. The minimum Gasteiger partial charge on any atom is -0.457 e. The highest BCUT2D eigenvalue weighted by Crippen LogP contribution is 2.23. The Hall–Kier alpha value is -1.76. The summed E-state index contributed by atoms with van der Waals surface area (Å²) in [6.07, 6.45) is 0. The van der Waals surface area contributed by atoms with Crippen LogP contribution in [0.4, 0.5) is 0 Å². The molecule has 0 heterocycles. The molecule has 0 spiro atoms. The second kappa shape index (κ2) is 6.13. The Balaban J connectivity index is 2.08. The van der Waals surface area contributed by atoms with Crippen LogP contribution in [-0.4, -0.2) is 10.7 Å². The van der Waals surface area contributed by atoms with Gasteiger partial charge in [-0.25, -0.2) is 0 Å². The molecule has 102 valence electrons. The fourth-order valence-electron chi connectivity index (χ4n) is 1.47. The minimum atomic E-state index is -0.980. The molecule has 0 aromatic heterocycles. The Morgan fingerprint density at radius 1 is 0.950 bits per heavy atom. The minimum absolute atomic E-state index is 0.751. The van der Waals surface area contributed by atoms with Crippen molar-refractivity contribution in [3.8, 4) is 23.3 Å². The third-order valence-corrected chi connectivity index (χ3v) is 2.95. The van der Waals surface area contributed by atoms with Crippen molar-refractivity contribution >= 4 is 15.9 Å². The molecule has 2 aromatic rings. The van der Waals surface area contributed by atoms with E-state index < -0.39 is 5.60 Å². The van der Waals surface area contributed by atoms with E-state index in [2.05, 4.69) is 27.8 Å². The summed E-state index contributed by atoms with van der Waals surface area (Å²) in [5.74, 6) is 7.23. The maximum Gasteiger partial charge on any atom is 0.127 e. The lowest BCUT2D eigenvalue weighted by molar-refractivity contribution is 0.143. The third-order valence-electron chi connectivity index (χ3n) is 2.42. The number of hydrogen-bond donors (Lipinski definition) is 1. The van der Waals surface area contributed by atoms with E-state index in [0.717, 1.165) is 21.5 Å². The monoisotopic (exact) mass is 330 g/mol. The van der Waals surface area contributed by atoms with E-state index in [0.29, 0.717) is 0 Å². The predicted octanol–water partition coefficient (Wildman–Crippen LogP) is 4.36. The van der Waals surface area contributed by atoms with E-state index in [-0.39, 0.29) is 0 Å². The van der Waals surface area contributed by atoms with Gasteiger partial charge in [0.1, 0.15) is 17.1 Å². The molecule has 0 saturated carbocycles. The predicted molar refractivity (Wildman–Crippen MR) is 83.8 cm³/mol. The highest BCUT2D eigenvalue weighted by molar-refractivity contribution is 9.10. The first kappa shape index (κ1) is 14.6. The van der Waals surface area contributed by atoms with Crippen molar-refractivity contribution in [3.63, 3.8) is 0 Å². The van der Waals surface area contributed by atoms with Gasteiger partial charge in [0, 0.05) is 10.0 Å². The Kier molecular flexibility index (Phi) is 4.49. The molecule has 0 saturated heterocycles. The molecule has 0 bridgehead atoms. The summed E-state index contributed by atoms with van der Waals surface area (Å²) >= 11 is 3.38. The molecule has 0 amide bonds. The molecular formula is C17H15BrO2. The summed E-state index contributed by atoms with van der Waals surface area (Å²) in [6, 6.07) is 15.1. The Bertz CT molecular complexity index is 626. The number of halogens is 1. The topological polar surface area (TPSA) is 29.5 Å². The SMILES string of the molecule is CC(C)(O)C#Cc1ccc(Oc2ccc(Br)cc2)cc1. The van der Waals surface area contributed by atoms with Gasteiger partial charge in [0.15, 0.2) is 0 Å². The average molecular weight is 331 g/mol. The number of aliphatic hydroxyl groups is 1. The Morgan fingerprint density at radius 2 is 1.45 bits per heavy atom. The molecule has 0 atom stereocenters. The first-order chi connectivity index (χ1) is 9.42. The number of ether oxygens (including phenoxy) is 1. The molecule has 0 aliphatic carbocycles. The van der Waals surface area contributed by atoms with Crippen LogP contribution in [0.25, 0.3) is 0 Å². The summed E-state index contributed by atoms with van der Waals surface area (Å²) in [4.78, 5) is 0. The van der Waals surface area contributed by atoms with Gasteiger partial charge in [0.05, 0.1) is 0 Å². The van der Waals surface area contributed by atoms with Crippen molar-refractivity contribution in [3.05, 3.63) is 58.6 Å². The summed E-state index contributed by atoms with van der Waals surface area (Å²) in [5.41, 5.74) is -0.137. The molecule has 2 rings (SSSR count). The van der Waals surface area contributed by atoms with E-state index >= 15 is 0 Å². The number of rotatable bonds is 2. The Morgan fingerprint density at radius 3 is 1.95 bits per heavy atom. The molecule has 3 heteroatoms. The van der Waals surface area contributed by atoms with Crippen LogP contribution in [0.3, 0.4) is 0 Å². The van der Waals surface area contributed by atoms with E-state index in [1.807, 2.05) is 48.5 Å². The molecule has 0 radical (unpaired) electrons. The van der Waals surface area contributed by atoms with Crippen molar-refractivity contribution < 1.29 is 9.84 Å². The van der Waals surface area contributed by atoms with Crippen molar-refractivity contribution in [1.29, 1.82) is 0 Å². The number of benzene rings is 2. The lowest BCUT2D eigenvalue weighted by Crippen LogP contribution is -2.14. The van der Waals surface area contributed by atoms with Crippen molar-refractivity contribution in [2.45, 2.75) is 19.4 Å². The van der Waals surface area contributed by atoms with Crippen LogP contribution in [0.5, 0.6) is 11.5 Å². The molecule has 2 nitrogen and oxygen atoms in total. The molecule has 0 aliphatic rings. The van der Waals surface area contributed by atoms with Crippen molar-refractivity contribution in [1.82, 2.24) is 0 Å². The van der Waals surface area contributed by atoms with Crippen LogP contribution in [0.15, 0.2) is 53.0 Å². The molecule has 1 N–H and O–H groups in total. The summed E-state index contributed by atoms with van der Waals surface area (Å²) < 4.78 is 6.73. The fourth-order valence-corrected chi connectivity index (χ4v) is 1.73. The first-order valence-corrected chi connectivity index (χ1v) is 7.01. The summed E-state index contributed by atoms with van der Waals surface area (Å²) in [6.45, 7) is 3.32. The lowest BCUT2D eigenvalue weighted by atomic mass is 10.1. The summed E-state index contributed by atoms with van der Waals surface area (Å²) in [7, 11) is 0. The highest BCUT2D eigenvalue weighted by Gasteiger charge is 2.05. The smallest absolute Gasteiger partial charge is 0.127 e. The zero-order valence-corrected chi connectivity index (χ0v) is 12.9. The van der Waals surface area contributed by atoms with Crippen LogP contribution in [0.1, 0.15) is 19.4 Å². The van der Waals surface area contributed by atoms with Gasteiger partial charge in [-0.2, -0.15) is 0 Å². The van der Waals surface area contributed by atoms with Crippen LogP contribution < -0.4 is 4.74 Å². The van der Waals surface area contributed by atoms with Gasteiger partial charge in [-0.15, -0.1) is 0 Å². The normalized spacial score (nSPS) is 10.6. The van der Waals surface area contributed by atoms with Gasteiger partial charge in [0.2, 0.25) is 0 Å². The van der Waals surface area contributed by atoms with Crippen LogP contribution in [0, 0.1) is 11.8 Å². The van der Waals surface area contributed by atoms with Gasteiger partial charge in [-0.3, -0.25) is 0 Å². The fraction of sp³-hybridized carbons (Fsp3) is 0.176. The molecular weight excluding hydrogens is 316 g/mol.